The van der Waals surface area contributed by atoms with E-state index >= 15 is 0 Å². The van der Waals surface area contributed by atoms with Crippen molar-refractivity contribution in [2.24, 2.45) is 7.05 Å². The number of carbonyl (C=O) groups is 1. The zero-order valence-electron chi connectivity index (χ0n) is 15.2. The molecule has 0 bridgehead atoms. The Morgan fingerprint density at radius 3 is 2.77 bits per heavy atom. The van der Waals surface area contributed by atoms with Crippen molar-refractivity contribution >= 4 is 28.5 Å². The predicted octanol–water partition coefficient (Wildman–Crippen LogP) is 3.49. The van der Waals surface area contributed by atoms with Crippen LogP contribution in [0, 0.1) is 13.8 Å². The molecule has 0 saturated heterocycles. The van der Waals surface area contributed by atoms with Gasteiger partial charge in [0.2, 0.25) is 5.88 Å². The Labute approximate surface area is 157 Å². The van der Waals surface area contributed by atoms with Crippen LogP contribution >= 0.6 is 11.6 Å². The molecule has 1 aromatic carbocycles. The second-order valence-electron chi connectivity index (χ2n) is 6.32. The molecular weight excluding hydrogens is 352 g/mol. The van der Waals surface area contributed by atoms with E-state index in [1.807, 2.05) is 45.0 Å². The normalized spacial score (nSPS) is 12.2. The zero-order chi connectivity index (χ0) is 18.8. The summed E-state index contributed by atoms with van der Waals surface area (Å²) in [5.41, 5.74) is 3.74. The Kier molecular flexibility index (Phi) is 5.13. The van der Waals surface area contributed by atoms with E-state index in [0.29, 0.717) is 16.7 Å². The lowest BCUT2D eigenvalue weighted by molar-refractivity contribution is -0.123. The van der Waals surface area contributed by atoms with Gasteiger partial charge in [0.1, 0.15) is 0 Å². The molecule has 0 aliphatic carbocycles. The third-order valence-electron chi connectivity index (χ3n) is 4.31. The summed E-state index contributed by atoms with van der Waals surface area (Å²) in [6.45, 7) is 5.77. The van der Waals surface area contributed by atoms with Crippen LogP contribution in [-0.4, -0.2) is 27.3 Å². The molecule has 0 unspecified atom stereocenters. The number of halogens is 1. The van der Waals surface area contributed by atoms with E-state index in [-0.39, 0.29) is 18.6 Å². The molecule has 1 atom stereocenters. The number of nitrogens with zero attached hydrogens (tertiary/aromatic N) is 3. The second kappa shape index (κ2) is 7.33. The van der Waals surface area contributed by atoms with Gasteiger partial charge in [0, 0.05) is 13.1 Å². The minimum atomic E-state index is -0.205. The lowest BCUT2D eigenvalue weighted by Crippen LogP contribution is -2.31. The van der Waals surface area contributed by atoms with E-state index in [2.05, 4.69) is 15.4 Å². The number of pyridine rings is 1. The monoisotopic (exact) mass is 372 g/mol. The average Bonchev–Trinajstić information content (AvgIpc) is 2.88. The van der Waals surface area contributed by atoms with Gasteiger partial charge in [-0.05, 0) is 37.5 Å². The maximum atomic E-state index is 12.2. The topological polar surface area (TPSA) is 69.0 Å². The Balaban J connectivity index is 1.67. The number of amides is 1. The first kappa shape index (κ1) is 18.2. The van der Waals surface area contributed by atoms with Crippen molar-refractivity contribution in [1.29, 1.82) is 0 Å². The number of ether oxygens (including phenoxy) is 1. The summed E-state index contributed by atoms with van der Waals surface area (Å²) in [6, 6.07) is 9.63. The predicted molar refractivity (Wildman–Crippen MR) is 101 cm³/mol. The van der Waals surface area contributed by atoms with Crippen molar-refractivity contribution in [3.63, 3.8) is 0 Å². The van der Waals surface area contributed by atoms with Crippen molar-refractivity contribution in [2.45, 2.75) is 26.8 Å². The lowest BCUT2D eigenvalue weighted by Gasteiger charge is -2.16. The van der Waals surface area contributed by atoms with Crippen LogP contribution in [-0.2, 0) is 11.8 Å². The lowest BCUT2D eigenvalue weighted by atomic mass is 10.0. The molecule has 0 aliphatic heterocycles. The number of nitrogens with one attached hydrogen (secondary N) is 1. The minimum Gasteiger partial charge on any atom is -0.468 e. The summed E-state index contributed by atoms with van der Waals surface area (Å²) in [5, 5.41) is 8.29. The highest BCUT2D eigenvalue weighted by molar-refractivity contribution is 6.34. The average molecular weight is 373 g/mol. The molecule has 0 fully saturated rings. The molecule has 7 heteroatoms. The SMILES string of the molecule is Cc1ccccc1[C@H](C)NC(=O)COc1cc(C)c2c(Cl)nn(C)c2n1. The molecule has 1 N–H and O–H groups in total. The number of rotatable bonds is 5. The van der Waals surface area contributed by atoms with Crippen LogP contribution in [0.25, 0.3) is 11.0 Å². The van der Waals surface area contributed by atoms with E-state index in [9.17, 15) is 4.79 Å². The minimum absolute atomic E-state index is 0.0969. The summed E-state index contributed by atoms with van der Waals surface area (Å²) in [4.78, 5) is 16.6. The zero-order valence-corrected chi connectivity index (χ0v) is 16.0. The third kappa shape index (κ3) is 3.65. The molecule has 0 spiro atoms. The number of aromatic nitrogens is 3. The van der Waals surface area contributed by atoms with Crippen LogP contribution in [0.5, 0.6) is 5.88 Å². The van der Waals surface area contributed by atoms with Crippen LogP contribution < -0.4 is 10.1 Å². The van der Waals surface area contributed by atoms with Crippen LogP contribution in [0.4, 0.5) is 0 Å². The van der Waals surface area contributed by atoms with Gasteiger partial charge < -0.3 is 10.1 Å². The first-order valence-corrected chi connectivity index (χ1v) is 8.72. The fourth-order valence-electron chi connectivity index (χ4n) is 2.99. The maximum Gasteiger partial charge on any atom is 0.258 e. The number of fused-ring (bicyclic) bond motifs is 1. The third-order valence-corrected chi connectivity index (χ3v) is 4.57. The van der Waals surface area contributed by atoms with Crippen molar-refractivity contribution in [3.05, 3.63) is 52.2 Å². The van der Waals surface area contributed by atoms with Gasteiger partial charge in [0.05, 0.1) is 11.4 Å². The van der Waals surface area contributed by atoms with Gasteiger partial charge in [0.25, 0.3) is 5.91 Å². The first-order chi connectivity index (χ1) is 12.4. The molecule has 1 amide bonds. The van der Waals surface area contributed by atoms with Crippen molar-refractivity contribution in [3.8, 4) is 5.88 Å². The van der Waals surface area contributed by atoms with Crippen molar-refractivity contribution in [1.82, 2.24) is 20.1 Å². The molecule has 2 aromatic heterocycles. The standard InChI is InChI=1S/C19H21ClN4O2/c1-11-7-5-6-8-14(11)13(3)21-15(25)10-26-16-9-12(2)17-18(20)23-24(4)19(17)22-16/h5-9,13H,10H2,1-4H3,(H,21,25)/t13-/m0/s1. The largest absolute Gasteiger partial charge is 0.468 e. The highest BCUT2D eigenvalue weighted by atomic mass is 35.5. The molecule has 6 nitrogen and oxygen atoms in total. The quantitative estimate of drug-likeness (QED) is 0.744. The molecule has 0 aliphatic rings. The summed E-state index contributed by atoms with van der Waals surface area (Å²) in [6.07, 6.45) is 0. The molecule has 0 radical (unpaired) electrons. The van der Waals surface area contributed by atoms with Crippen LogP contribution in [0.15, 0.2) is 30.3 Å². The fraction of sp³-hybridized carbons (Fsp3) is 0.316. The molecule has 26 heavy (non-hydrogen) atoms. The van der Waals surface area contributed by atoms with Crippen molar-refractivity contribution in [2.75, 3.05) is 6.61 Å². The number of aryl methyl sites for hydroxylation is 3. The first-order valence-electron chi connectivity index (χ1n) is 8.34. The molecular formula is C19H21ClN4O2. The highest BCUT2D eigenvalue weighted by Crippen LogP contribution is 2.27. The Hall–Kier alpha value is -2.60. The van der Waals surface area contributed by atoms with E-state index in [0.717, 1.165) is 22.1 Å². The van der Waals surface area contributed by atoms with E-state index in [1.54, 1.807) is 17.8 Å². The van der Waals surface area contributed by atoms with Gasteiger partial charge in [-0.1, -0.05) is 35.9 Å². The number of benzene rings is 1. The highest BCUT2D eigenvalue weighted by Gasteiger charge is 2.15. The molecule has 2 heterocycles. The van der Waals surface area contributed by atoms with Gasteiger partial charge in [-0.3, -0.25) is 4.79 Å². The van der Waals surface area contributed by atoms with Crippen LogP contribution in [0.3, 0.4) is 0 Å². The number of hydrogen-bond donors (Lipinski definition) is 1. The van der Waals surface area contributed by atoms with Crippen molar-refractivity contribution < 1.29 is 9.53 Å². The maximum absolute atomic E-state index is 12.2. The summed E-state index contributed by atoms with van der Waals surface area (Å²) < 4.78 is 7.18. The molecule has 3 rings (SSSR count). The Morgan fingerprint density at radius 1 is 1.31 bits per heavy atom. The van der Waals surface area contributed by atoms with Gasteiger partial charge in [-0.15, -0.1) is 0 Å². The van der Waals surface area contributed by atoms with E-state index in [4.69, 9.17) is 16.3 Å². The van der Waals surface area contributed by atoms with Gasteiger partial charge >= 0.3 is 0 Å². The second-order valence-corrected chi connectivity index (χ2v) is 6.68. The molecule has 136 valence electrons. The summed E-state index contributed by atoms with van der Waals surface area (Å²) in [5.74, 6) is 0.164. The molecule has 3 aromatic rings. The van der Waals surface area contributed by atoms with Gasteiger partial charge in [0.15, 0.2) is 17.4 Å². The van der Waals surface area contributed by atoms with E-state index in [1.165, 1.54) is 0 Å². The smallest absolute Gasteiger partial charge is 0.258 e. The number of carbonyl (C=O) groups excluding carboxylic acids is 1. The summed E-state index contributed by atoms with van der Waals surface area (Å²) in [7, 11) is 1.76. The van der Waals surface area contributed by atoms with Gasteiger partial charge in [-0.2, -0.15) is 10.1 Å². The van der Waals surface area contributed by atoms with Crippen LogP contribution in [0.2, 0.25) is 5.15 Å². The Bertz CT molecular complexity index is 968. The van der Waals surface area contributed by atoms with E-state index < -0.39 is 0 Å². The van der Waals surface area contributed by atoms with Crippen LogP contribution in [0.1, 0.15) is 29.7 Å². The van der Waals surface area contributed by atoms with Gasteiger partial charge in [-0.25, -0.2) is 4.68 Å². The fourth-order valence-corrected chi connectivity index (χ4v) is 3.34. The number of hydrogen-bond acceptors (Lipinski definition) is 4. The molecule has 0 saturated carbocycles. The Morgan fingerprint density at radius 2 is 2.04 bits per heavy atom. The summed E-state index contributed by atoms with van der Waals surface area (Å²) >= 11 is 6.11.